The van der Waals surface area contributed by atoms with Crippen molar-refractivity contribution >= 4 is 23.1 Å². The number of aliphatic hydroxyl groups is 1. The van der Waals surface area contributed by atoms with Crippen LogP contribution >= 0.6 is 11.6 Å². The Hall–Kier alpha value is -1.47. The monoisotopic (exact) mass is 274 g/mol. The van der Waals surface area contributed by atoms with Crippen molar-refractivity contribution in [1.82, 2.24) is 9.97 Å². The highest BCUT2D eigenvalue weighted by molar-refractivity contribution is 6.28. The molecule has 8 heteroatoms. The zero-order chi connectivity index (χ0) is 13.7. The summed E-state index contributed by atoms with van der Waals surface area (Å²) in [5, 5.41) is 19.9. The van der Waals surface area contributed by atoms with E-state index >= 15 is 0 Å². The maximum atomic E-state index is 11.1. The van der Waals surface area contributed by atoms with Gasteiger partial charge in [0, 0.05) is 19.7 Å². The second-order valence-corrected chi connectivity index (χ2v) is 4.00. The first-order chi connectivity index (χ1) is 8.51. The lowest BCUT2D eigenvalue weighted by atomic mass is 10.3. The van der Waals surface area contributed by atoms with E-state index in [1.165, 1.54) is 6.92 Å². The second kappa shape index (κ2) is 6.46. The quantitative estimate of drug-likeness (QED) is 0.481. The zero-order valence-electron chi connectivity index (χ0n) is 10.3. The van der Waals surface area contributed by atoms with Crippen LogP contribution in [0.1, 0.15) is 19.0 Å². The van der Waals surface area contributed by atoms with E-state index in [0.29, 0.717) is 19.5 Å². The lowest BCUT2D eigenvalue weighted by molar-refractivity contribution is -0.385. The Kier molecular flexibility index (Phi) is 5.24. The Labute approximate surface area is 110 Å². The van der Waals surface area contributed by atoms with Crippen molar-refractivity contribution in [3.05, 3.63) is 21.1 Å². The van der Waals surface area contributed by atoms with E-state index in [-0.39, 0.29) is 29.1 Å². The SMILES string of the molecule is CCN(CCCO)c1nc(Cl)nc(C)c1[N+](=O)[O-]. The lowest BCUT2D eigenvalue weighted by Gasteiger charge is -2.21. The van der Waals surface area contributed by atoms with Crippen LogP contribution in [0.2, 0.25) is 5.28 Å². The van der Waals surface area contributed by atoms with Crippen LogP contribution in [0.15, 0.2) is 0 Å². The zero-order valence-corrected chi connectivity index (χ0v) is 11.0. The topological polar surface area (TPSA) is 92.4 Å². The van der Waals surface area contributed by atoms with Crippen molar-refractivity contribution in [3.8, 4) is 0 Å². The number of hydrogen-bond donors (Lipinski definition) is 1. The van der Waals surface area contributed by atoms with Gasteiger partial charge in [0.1, 0.15) is 5.69 Å². The summed E-state index contributed by atoms with van der Waals surface area (Å²) in [6.07, 6.45) is 0.506. The van der Waals surface area contributed by atoms with Gasteiger partial charge >= 0.3 is 5.69 Å². The predicted molar refractivity (Wildman–Crippen MR) is 68.0 cm³/mol. The van der Waals surface area contributed by atoms with Crippen molar-refractivity contribution in [2.45, 2.75) is 20.3 Å². The maximum Gasteiger partial charge on any atom is 0.332 e. The summed E-state index contributed by atoms with van der Waals surface area (Å²) >= 11 is 5.74. The van der Waals surface area contributed by atoms with Crippen molar-refractivity contribution in [2.24, 2.45) is 0 Å². The molecule has 0 aromatic carbocycles. The number of aromatic nitrogens is 2. The molecule has 1 aromatic rings. The van der Waals surface area contributed by atoms with Gasteiger partial charge in [-0.2, -0.15) is 4.98 Å². The third-order valence-electron chi connectivity index (χ3n) is 2.46. The highest BCUT2D eigenvalue weighted by Crippen LogP contribution is 2.29. The van der Waals surface area contributed by atoms with E-state index < -0.39 is 4.92 Å². The molecule has 7 nitrogen and oxygen atoms in total. The van der Waals surface area contributed by atoms with Gasteiger partial charge in [-0.1, -0.05) is 0 Å². The van der Waals surface area contributed by atoms with E-state index in [4.69, 9.17) is 16.7 Å². The molecule has 100 valence electrons. The molecule has 0 saturated carbocycles. The summed E-state index contributed by atoms with van der Waals surface area (Å²) in [7, 11) is 0. The maximum absolute atomic E-state index is 11.1. The van der Waals surface area contributed by atoms with Crippen LogP contribution in [0.5, 0.6) is 0 Å². The minimum atomic E-state index is -0.511. The molecular weight excluding hydrogens is 260 g/mol. The third kappa shape index (κ3) is 3.27. The molecule has 0 aliphatic rings. The number of hydrogen-bond acceptors (Lipinski definition) is 6. The van der Waals surface area contributed by atoms with Gasteiger partial charge in [0.05, 0.1) is 4.92 Å². The summed E-state index contributed by atoms with van der Waals surface area (Å²) in [6, 6.07) is 0. The number of anilines is 1. The van der Waals surface area contributed by atoms with Gasteiger partial charge in [-0.25, -0.2) is 4.98 Å². The fourth-order valence-corrected chi connectivity index (χ4v) is 1.83. The average molecular weight is 275 g/mol. The molecule has 0 unspecified atom stereocenters. The second-order valence-electron chi connectivity index (χ2n) is 3.66. The first-order valence-electron chi connectivity index (χ1n) is 5.55. The summed E-state index contributed by atoms with van der Waals surface area (Å²) < 4.78 is 0. The molecular formula is C10H15ClN4O3. The molecule has 0 atom stereocenters. The van der Waals surface area contributed by atoms with Gasteiger partial charge in [0.15, 0.2) is 0 Å². The highest BCUT2D eigenvalue weighted by Gasteiger charge is 2.25. The number of rotatable bonds is 6. The van der Waals surface area contributed by atoms with E-state index in [9.17, 15) is 10.1 Å². The van der Waals surface area contributed by atoms with Gasteiger partial charge in [0.25, 0.3) is 0 Å². The first-order valence-corrected chi connectivity index (χ1v) is 5.93. The molecule has 0 aliphatic heterocycles. The number of halogens is 1. The van der Waals surface area contributed by atoms with Gasteiger partial charge in [-0.3, -0.25) is 10.1 Å². The van der Waals surface area contributed by atoms with Crippen LogP contribution in [-0.2, 0) is 0 Å². The van der Waals surface area contributed by atoms with Crippen LogP contribution in [0, 0.1) is 17.0 Å². The molecule has 0 amide bonds. The Balaban J connectivity index is 3.22. The predicted octanol–water partition coefficient (Wildman–Crippen LogP) is 1.56. The van der Waals surface area contributed by atoms with Crippen LogP contribution in [-0.4, -0.2) is 39.7 Å². The van der Waals surface area contributed by atoms with Crippen molar-refractivity contribution < 1.29 is 10.0 Å². The van der Waals surface area contributed by atoms with Crippen molar-refractivity contribution in [3.63, 3.8) is 0 Å². The third-order valence-corrected chi connectivity index (χ3v) is 2.63. The van der Waals surface area contributed by atoms with Crippen molar-refractivity contribution in [2.75, 3.05) is 24.6 Å². The van der Waals surface area contributed by atoms with Crippen molar-refractivity contribution in [1.29, 1.82) is 0 Å². The minimum Gasteiger partial charge on any atom is -0.396 e. The van der Waals surface area contributed by atoms with Crippen LogP contribution in [0.3, 0.4) is 0 Å². The Morgan fingerprint density at radius 2 is 2.17 bits per heavy atom. The van der Waals surface area contributed by atoms with Gasteiger partial charge < -0.3 is 10.0 Å². The summed E-state index contributed by atoms with van der Waals surface area (Å²) in [4.78, 5) is 20.0. The molecule has 0 saturated heterocycles. The average Bonchev–Trinajstić information content (AvgIpc) is 2.28. The highest BCUT2D eigenvalue weighted by atomic mass is 35.5. The van der Waals surface area contributed by atoms with Gasteiger partial charge in [-0.15, -0.1) is 0 Å². The van der Waals surface area contributed by atoms with Crippen LogP contribution in [0.4, 0.5) is 11.5 Å². The molecule has 18 heavy (non-hydrogen) atoms. The minimum absolute atomic E-state index is 0.0160. The molecule has 1 heterocycles. The van der Waals surface area contributed by atoms with Gasteiger partial charge in [-0.05, 0) is 31.9 Å². The first kappa shape index (κ1) is 14.6. The Bertz CT molecular complexity index is 441. The molecule has 1 rings (SSSR count). The molecule has 0 aliphatic carbocycles. The van der Waals surface area contributed by atoms with E-state index in [1.54, 1.807) is 4.90 Å². The largest absolute Gasteiger partial charge is 0.396 e. The summed E-state index contributed by atoms with van der Waals surface area (Å²) in [5.74, 6) is 0.202. The molecule has 0 spiro atoms. The smallest absolute Gasteiger partial charge is 0.332 e. The van der Waals surface area contributed by atoms with E-state index in [1.807, 2.05) is 6.92 Å². The van der Waals surface area contributed by atoms with Crippen LogP contribution in [0.25, 0.3) is 0 Å². The molecule has 1 aromatic heterocycles. The number of aliphatic hydroxyl groups excluding tert-OH is 1. The Morgan fingerprint density at radius 1 is 1.50 bits per heavy atom. The number of nitrogens with zero attached hydrogens (tertiary/aromatic N) is 4. The summed E-state index contributed by atoms with van der Waals surface area (Å²) in [6.45, 7) is 4.40. The molecule has 0 fully saturated rings. The fourth-order valence-electron chi connectivity index (χ4n) is 1.63. The van der Waals surface area contributed by atoms with E-state index in [0.717, 1.165) is 0 Å². The van der Waals surface area contributed by atoms with Crippen LogP contribution < -0.4 is 4.90 Å². The number of nitro groups is 1. The normalized spacial score (nSPS) is 10.4. The molecule has 0 bridgehead atoms. The summed E-state index contributed by atoms with van der Waals surface area (Å²) in [5.41, 5.74) is 0.0941. The van der Waals surface area contributed by atoms with Gasteiger partial charge in [0.2, 0.25) is 11.1 Å². The Morgan fingerprint density at radius 3 is 2.67 bits per heavy atom. The standard InChI is InChI=1S/C10H15ClN4O3/c1-3-14(5-4-6-16)9-8(15(17)18)7(2)12-10(11)13-9/h16H,3-6H2,1-2H3. The van der Waals surface area contributed by atoms with E-state index in [2.05, 4.69) is 9.97 Å². The lowest BCUT2D eigenvalue weighted by Crippen LogP contribution is -2.27. The molecule has 1 N–H and O–H groups in total. The molecule has 0 radical (unpaired) electrons. The fraction of sp³-hybridized carbons (Fsp3) is 0.600. The number of aryl methyl sites for hydroxylation is 1.